The molecule has 2 aromatic rings. The first-order valence-corrected chi connectivity index (χ1v) is 4.59. The van der Waals surface area contributed by atoms with Crippen molar-refractivity contribution in [1.29, 1.82) is 0 Å². The Morgan fingerprint density at radius 2 is 2.27 bits per heavy atom. The minimum Gasteiger partial charge on any atom is -0.508 e. The van der Waals surface area contributed by atoms with Crippen LogP contribution in [-0.4, -0.2) is 23.2 Å². The van der Waals surface area contributed by atoms with Crippen LogP contribution >= 0.6 is 0 Å². The molecule has 0 aliphatic carbocycles. The normalized spacial score (nSPS) is 9.13. The number of phenolic OH excluding ortho intramolecular Hbond substituents is 1. The number of rotatable bonds is 2. The number of hydrogen-bond acceptors (Lipinski definition) is 3. The molecule has 0 aliphatic rings. The maximum absolute atomic E-state index is 9.18. The van der Waals surface area contributed by atoms with Gasteiger partial charge in [-0.1, -0.05) is 0 Å². The third-order valence-corrected chi connectivity index (χ3v) is 1.77. The van der Waals surface area contributed by atoms with Crippen molar-refractivity contribution < 1.29 is 14.6 Å². The molecule has 80 valence electrons. The summed E-state index contributed by atoms with van der Waals surface area (Å²) in [7, 11) is 0. The molecule has 1 aromatic heterocycles. The number of aromatic hydroxyl groups is 1. The van der Waals surface area contributed by atoms with Gasteiger partial charge in [-0.3, -0.25) is 4.79 Å². The van der Waals surface area contributed by atoms with E-state index in [9.17, 15) is 4.79 Å². The Kier molecular flexibility index (Phi) is 4.22. The van der Waals surface area contributed by atoms with E-state index in [2.05, 4.69) is 9.72 Å². The molecular weight excluding hydrogens is 194 g/mol. The molecule has 0 amide bonds. The molecule has 1 aromatic carbocycles. The molecule has 0 aliphatic heterocycles. The zero-order valence-electron chi connectivity index (χ0n) is 8.43. The van der Waals surface area contributed by atoms with Crippen LogP contribution in [0.1, 0.15) is 6.92 Å². The zero-order valence-corrected chi connectivity index (χ0v) is 8.43. The van der Waals surface area contributed by atoms with E-state index < -0.39 is 0 Å². The van der Waals surface area contributed by atoms with Crippen LogP contribution in [0.5, 0.6) is 5.75 Å². The van der Waals surface area contributed by atoms with E-state index in [4.69, 9.17) is 5.11 Å². The van der Waals surface area contributed by atoms with Gasteiger partial charge in [0, 0.05) is 17.1 Å². The molecule has 0 saturated heterocycles. The van der Waals surface area contributed by atoms with E-state index >= 15 is 0 Å². The Hall–Kier alpha value is -1.97. The van der Waals surface area contributed by atoms with Crippen molar-refractivity contribution in [3.63, 3.8) is 0 Å². The Bertz CT molecular complexity index is 422. The Labute approximate surface area is 87.5 Å². The highest BCUT2D eigenvalue weighted by molar-refractivity contribution is 5.80. The van der Waals surface area contributed by atoms with Crippen LogP contribution in [0.3, 0.4) is 0 Å². The van der Waals surface area contributed by atoms with E-state index in [-0.39, 0.29) is 0 Å². The molecule has 0 spiro atoms. The Morgan fingerprint density at radius 3 is 2.87 bits per heavy atom. The molecule has 0 unspecified atom stereocenters. The molecule has 0 fully saturated rings. The maximum Gasteiger partial charge on any atom is 0.293 e. The molecule has 2 N–H and O–H groups in total. The minimum atomic E-state index is 0.312. The van der Waals surface area contributed by atoms with Crippen LogP contribution in [0, 0.1) is 0 Å². The van der Waals surface area contributed by atoms with Crippen molar-refractivity contribution in [2.24, 2.45) is 0 Å². The highest BCUT2D eigenvalue weighted by Crippen LogP contribution is 2.17. The molecule has 2 rings (SSSR count). The average molecular weight is 207 g/mol. The van der Waals surface area contributed by atoms with Crippen LogP contribution in [0.25, 0.3) is 10.9 Å². The summed E-state index contributed by atoms with van der Waals surface area (Å²) in [5, 5.41) is 10.1. The molecule has 0 atom stereocenters. The van der Waals surface area contributed by atoms with E-state index in [1.807, 2.05) is 18.3 Å². The summed E-state index contributed by atoms with van der Waals surface area (Å²) in [5.41, 5.74) is 1.05. The van der Waals surface area contributed by atoms with Gasteiger partial charge in [-0.15, -0.1) is 0 Å². The van der Waals surface area contributed by atoms with Gasteiger partial charge in [-0.2, -0.15) is 0 Å². The predicted molar refractivity (Wildman–Crippen MR) is 57.7 cm³/mol. The third kappa shape index (κ3) is 3.34. The lowest BCUT2D eigenvalue weighted by atomic mass is 10.2. The summed E-state index contributed by atoms with van der Waals surface area (Å²) in [4.78, 5) is 12.2. The number of carbonyl (C=O) groups excluding carboxylic acids is 1. The number of nitrogens with one attached hydrogen (secondary N) is 1. The fourth-order valence-electron chi connectivity index (χ4n) is 1.11. The number of aromatic amines is 1. The van der Waals surface area contributed by atoms with Crippen LogP contribution in [0.15, 0.2) is 30.5 Å². The number of carbonyl (C=O) groups is 1. The first-order chi connectivity index (χ1) is 7.27. The molecular formula is C11H13NO3. The Morgan fingerprint density at radius 1 is 1.47 bits per heavy atom. The largest absolute Gasteiger partial charge is 0.508 e. The SMILES string of the molecule is CCOC=O.Oc1ccc2[nH]ccc2c1. The maximum atomic E-state index is 9.18. The van der Waals surface area contributed by atoms with E-state index in [0.717, 1.165) is 10.9 Å². The van der Waals surface area contributed by atoms with Gasteiger partial charge in [0.25, 0.3) is 6.47 Å². The topological polar surface area (TPSA) is 62.3 Å². The van der Waals surface area contributed by atoms with Gasteiger partial charge in [0.15, 0.2) is 0 Å². The third-order valence-electron chi connectivity index (χ3n) is 1.77. The van der Waals surface area contributed by atoms with E-state index in [1.165, 1.54) is 0 Å². The molecule has 0 saturated carbocycles. The average Bonchev–Trinajstić information content (AvgIpc) is 2.67. The first kappa shape index (κ1) is 11.1. The Balaban J connectivity index is 0.000000195. The molecule has 1 heterocycles. The summed E-state index contributed by atoms with van der Waals surface area (Å²) in [6.07, 6.45) is 1.85. The molecule has 4 nitrogen and oxygen atoms in total. The van der Waals surface area contributed by atoms with Gasteiger partial charge in [-0.25, -0.2) is 0 Å². The van der Waals surface area contributed by atoms with Gasteiger partial charge < -0.3 is 14.8 Å². The van der Waals surface area contributed by atoms with E-state index in [0.29, 0.717) is 18.8 Å². The number of H-pyrrole nitrogens is 1. The second kappa shape index (κ2) is 5.70. The summed E-state index contributed by atoms with van der Waals surface area (Å²) in [6.45, 7) is 2.66. The highest BCUT2D eigenvalue weighted by atomic mass is 16.5. The minimum absolute atomic E-state index is 0.312. The number of aromatic nitrogens is 1. The van der Waals surface area contributed by atoms with Gasteiger partial charge >= 0.3 is 0 Å². The zero-order chi connectivity index (χ0) is 11.1. The summed E-state index contributed by atoms with van der Waals surface area (Å²) < 4.78 is 4.15. The monoisotopic (exact) mass is 207 g/mol. The lowest BCUT2D eigenvalue weighted by molar-refractivity contribution is -0.128. The van der Waals surface area contributed by atoms with Crippen LogP contribution in [-0.2, 0) is 9.53 Å². The van der Waals surface area contributed by atoms with Gasteiger partial charge in [0.1, 0.15) is 5.75 Å². The van der Waals surface area contributed by atoms with Crippen LogP contribution < -0.4 is 0 Å². The summed E-state index contributed by atoms with van der Waals surface area (Å²) >= 11 is 0. The fourth-order valence-corrected chi connectivity index (χ4v) is 1.11. The van der Waals surface area contributed by atoms with Crippen molar-refractivity contribution in [3.05, 3.63) is 30.5 Å². The second-order valence-electron chi connectivity index (χ2n) is 2.80. The lowest BCUT2D eigenvalue weighted by Crippen LogP contribution is -1.80. The summed E-state index contributed by atoms with van der Waals surface area (Å²) in [6, 6.07) is 7.17. The lowest BCUT2D eigenvalue weighted by Gasteiger charge is -1.89. The smallest absolute Gasteiger partial charge is 0.293 e. The van der Waals surface area contributed by atoms with Crippen molar-refractivity contribution >= 4 is 17.4 Å². The van der Waals surface area contributed by atoms with Crippen molar-refractivity contribution in [2.45, 2.75) is 6.92 Å². The number of benzene rings is 1. The second-order valence-corrected chi connectivity index (χ2v) is 2.80. The number of hydrogen-bond donors (Lipinski definition) is 2. The number of fused-ring (bicyclic) bond motifs is 1. The molecule has 0 radical (unpaired) electrons. The van der Waals surface area contributed by atoms with Crippen LogP contribution in [0.2, 0.25) is 0 Å². The highest BCUT2D eigenvalue weighted by Gasteiger charge is 1.92. The number of phenols is 1. The van der Waals surface area contributed by atoms with Crippen molar-refractivity contribution in [3.8, 4) is 5.75 Å². The van der Waals surface area contributed by atoms with Gasteiger partial charge in [0.2, 0.25) is 0 Å². The van der Waals surface area contributed by atoms with E-state index in [1.54, 1.807) is 19.1 Å². The van der Waals surface area contributed by atoms with Crippen LogP contribution in [0.4, 0.5) is 0 Å². The molecule has 0 bridgehead atoms. The first-order valence-electron chi connectivity index (χ1n) is 4.59. The standard InChI is InChI=1S/C8H7NO.C3H6O2/c10-7-1-2-8-6(5-7)3-4-9-8;1-2-5-3-4/h1-5,9-10H;3H,2H2,1H3. The quantitative estimate of drug-likeness (QED) is 0.741. The van der Waals surface area contributed by atoms with Crippen molar-refractivity contribution in [2.75, 3.05) is 6.61 Å². The van der Waals surface area contributed by atoms with Gasteiger partial charge in [-0.05, 0) is 31.2 Å². The molecule has 15 heavy (non-hydrogen) atoms. The fraction of sp³-hybridized carbons (Fsp3) is 0.182. The van der Waals surface area contributed by atoms with Crippen molar-refractivity contribution in [1.82, 2.24) is 4.98 Å². The number of ether oxygens (including phenoxy) is 1. The molecule has 4 heteroatoms. The predicted octanol–water partition coefficient (Wildman–Crippen LogP) is 2.05. The summed E-state index contributed by atoms with van der Waals surface area (Å²) in [5.74, 6) is 0.312. The van der Waals surface area contributed by atoms with Gasteiger partial charge in [0.05, 0.1) is 6.61 Å².